The summed E-state index contributed by atoms with van der Waals surface area (Å²) in [5.41, 5.74) is 1.84. The Labute approximate surface area is 88.2 Å². The molecule has 2 atom stereocenters. The van der Waals surface area contributed by atoms with Crippen LogP contribution in [0, 0.1) is 0 Å². The molecule has 3 nitrogen and oxygen atoms in total. The summed E-state index contributed by atoms with van der Waals surface area (Å²) in [4.78, 5) is 5.26. The van der Waals surface area contributed by atoms with E-state index in [-0.39, 0.29) is 12.1 Å². The Morgan fingerprint density at radius 3 is 3.07 bits per heavy atom. The maximum Gasteiger partial charge on any atom is 0.0794 e. The Bertz CT molecular complexity index is 263. The number of nitrogens with one attached hydrogen (secondary N) is 1. The maximum absolute atomic E-state index is 9.72. The molecule has 14 heavy (non-hydrogen) atoms. The van der Waals surface area contributed by atoms with Crippen LogP contribution < -0.4 is 5.32 Å². The zero-order chi connectivity index (χ0) is 9.80. The lowest BCUT2D eigenvalue weighted by atomic mass is 9.93. The van der Waals surface area contributed by atoms with Crippen molar-refractivity contribution in [1.29, 1.82) is 0 Å². The molecule has 0 unspecified atom stereocenters. The second-order valence-corrected chi connectivity index (χ2v) is 4.78. The quantitative estimate of drug-likeness (QED) is 0.799. The van der Waals surface area contributed by atoms with Crippen molar-refractivity contribution >= 4 is 11.3 Å². The molecular weight excluding hydrogens is 196 g/mol. The standard InChI is InChI=1S/C10H16N2OS/c13-10-4-2-1-3-9(10)12-6-8-5-11-7-14-8/h5,7,9-10,12-13H,1-4,6H2/t9-,10-/m0/s1. The lowest BCUT2D eigenvalue weighted by Crippen LogP contribution is -2.41. The van der Waals surface area contributed by atoms with Gasteiger partial charge in [0.05, 0.1) is 11.6 Å². The topological polar surface area (TPSA) is 45.1 Å². The normalized spacial score (nSPS) is 27.8. The summed E-state index contributed by atoms with van der Waals surface area (Å²) in [7, 11) is 0. The second kappa shape index (κ2) is 4.87. The number of aromatic nitrogens is 1. The molecule has 1 saturated carbocycles. The monoisotopic (exact) mass is 212 g/mol. The zero-order valence-electron chi connectivity index (χ0n) is 8.15. The lowest BCUT2D eigenvalue weighted by Gasteiger charge is -2.28. The molecule has 1 fully saturated rings. The van der Waals surface area contributed by atoms with Crippen LogP contribution >= 0.6 is 11.3 Å². The zero-order valence-corrected chi connectivity index (χ0v) is 8.96. The molecule has 0 aromatic carbocycles. The van der Waals surface area contributed by atoms with E-state index in [0.29, 0.717) is 0 Å². The molecule has 2 rings (SSSR count). The molecule has 0 radical (unpaired) electrons. The molecule has 2 N–H and O–H groups in total. The fourth-order valence-corrected chi connectivity index (χ4v) is 2.46. The number of rotatable bonds is 3. The minimum absolute atomic E-state index is 0.156. The van der Waals surface area contributed by atoms with Crippen molar-refractivity contribution in [3.05, 3.63) is 16.6 Å². The predicted molar refractivity (Wildman–Crippen MR) is 57.2 cm³/mol. The fraction of sp³-hybridized carbons (Fsp3) is 0.700. The van der Waals surface area contributed by atoms with Crippen LogP contribution in [0.2, 0.25) is 0 Å². The molecule has 0 bridgehead atoms. The summed E-state index contributed by atoms with van der Waals surface area (Å²) in [6.45, 7) is 0.840. The Hall–Kier alpha value is -0.450. The van der Waals surface area contributed by atoms with E-state index in [1.54, 1.807) is 11.3 Å². The van der Waals surface area contributed by atoms with Crippen LogP contribution in [0.5, 0.6) is 0 Å². The fourth-order valence-electron chi connectivity index (χ4n) is 1.91. The third-order valence-corrected chi connectivity index (χ3v) is 3.53. The van der Waals surface area contributed by atoms with E-state index < -0.39 is 0 Å². The summed E-state index contributed by atoms with van der Waals surface area (Å²) in [5, 5.41) is 13.1. The van der Waals surface area contributed by atoms with Crippen molar-refractivity contribution in [2.24, 2.45) is 0 Å². The van der Waals surface area contributed by atoms with E-state index in [1.165, 1.54) is 17.7 Å². The average molecular weight is 212 g/mol. The molecule has 1 aliphatic carbocycles. The van der Waals surface area contributed by atoms with Gasteiger partial charge >= 0.3 is 0 Å². The number of aliphatic hydroxyl groups is 1. The van der Waals surface area contributed by atoms with Gasteiger partial charge in [-0.15, -0.1) is 11.3 Å². The largest absolute Gasteiger partial charge is 0.392 e. The Morgan fingerprint density at radius 1 is 1.50 bits per heavy atom. The highest BCUT2D eigenvalue weighted by molar-refractivity contribution is 7.09. The number of thiazole rings is 1. The van der Waals surface area contributed by atoms with Crippen LogP contribution in [-0.2, 0) is 6.54 Å². The first-order valence-corrected chi connectivity index (χ1v) is 6.03. The molecule has 0 saturated heterocycles. The van der Waals surface area contributed by atoms with Gasteiger partial charge in [-0.05, 0) is 12.8 Å². The highest BCUT2D eigenvalue weighted by Gasteiger charge is 2.22. The van der Waals surface area contributed by atoms with Gasteiger partial charge in [-0.3, -0.25) is 4.98 Å². The highest BCUT2D eigenvalue weighted by Crippen LogP contribution is 2.19. The molecule has 1 aromatic rings. The van der Waals surface area contributed by atoms with E-state index in [1.807, 2.05) is 11.7 Å². The van der Waals surface area contributed by atoms with Crippen LogP contribution in [0.4, 0.5) is 0 Å². The summed E-state index contributed by atoms with van der Waals surface area (Å²) >= 11 is 1.66. The van der Waals surface area contributed by atoms with Gasteiger partial charge < -0.3 is 10.4 Å². The van der Waals surface area contributed by atoms with Crippen LogP contribution in [0.1, 0.15) is 30.6 Å². The van der Waals surface area contributed by atoms with Crippen molar-refractivity contribution in [3.8, 4) is 0 Å². The summed E-state index contributed by atoms with van der Waals surface area (Å²) in [6.07, 6.45) is 6.17. The lowest BCUT2D eigenvalue weighted by molar-refractivity contribution is 0.0904. The van der Waals surface area contributed by atoms with Crippen LogP contribution in [0.15, 0.2) is 11.7 Å². The smallest absolute Gasteiger partial charge is 0.0794 e. The Morgan fingerprint density at radius 2 is 2.36 bits per heavy atom. The number of aliphatic hydroxyl groups excluding tert-OH is 1. The van der Waals surface area contributed by atoms with Crippen LogP contribution in [0.3, 0.4) is 0 Å². The van der Waals surface area contributed by atoms with Crippen molar-refractivity contribution < 1.29 is 5.11 Å². The first-order chi connectivity index (χ1) is 6.86. The second-order valence-electron chi connectivity index (χ2n) is 3.81. The van der Waals surface area contributed by atoms with Gasteiger partial charge in [0.1, 0.15) is 0 Å². The molecule has 0 spiro atoms. The van der Waals surface area contributed by atoms with Gasteiger partial charge in [0.15, 0.2) is 0 Å². The van der Waals surface area contributed by atoms with E-state index in [0.717, 1.165) is 19.4 Å². The van der Waals surface area contributed by atoms with Gasteiger partial charge in [-0.1, -0.05) is 12.8 Å². The summed E-state index contributed by atoms with van der Waals surface area (Å²) in [5.74, 6) is 0. The molecule has 78 valence electrons. The predicted octanol–water partition coefficient (Wildman–Crippen LogP) is 1.54. The van der Waals surface area contributed by atoms with Gasteiger partial charge in [0, 0.05) is 23.7 Å². The molecule has 1 aromatic heterocycles. The van der Waals surface area contributed by atoms with Gasteiger partial charge in [0.2, 0.25) is 0 Å². The molecule has 0 amide bonds. The summed E-state index contributed by atoms with van der Waals surface area (Å²) in [6, 6.07) is 0.283. The first-order valence-electron chi connectivity index (χ1n) is 5.15. The highest BCUT2D eigenvalue weighted by atomic mass is 32.1. The third kappa shape index (κ3) is 2.53. The molecule has 0 aliphatic heterocycles. The number of hydrogen-bond donors (Lipinski definition) is 2. The first kappa shape index (κ1) is 10.1. The summed E-state index contributed by atoms with van der Waals surface area (Å²) < 4.78 is 0. The van der Waals surface area contributed by atoms with Crippen LogP contribution in [0.25, 0.3) is 0 Å². The minimum atomic E-state index is -0.156. The van der Waals surface area contributed by atoms with Gasteiger partial charge in [-0.25, -0.2) is 0 Å². The Balaban J connectivity index is 1.79. The van der Waals surface area contributed by atoms with E-state index in [9.17, 15) is 5.11 Å². The van der Waals surface area contributed by atoms with Gasteiger partial charge in [0.25, 0.3) is 0 Å². The van der Waals surface area contributed by atoms with Crippen LogP contribution in [-0.4, -0.2) is 22.2 Å². The van der Waals surface area contributed by atoms with E-state index >= 15 is 0 Å². The van der Waals surface area contributed by atoms with Crippen molar-refractivity contribution in [1.82, 2.24) is 10.3 Å². The Kier molecular flexibility index (Phi) is 3.50. The minimum Gasteiger partial charge on any atom is -0.392 e. The third-order valence-electron chi connectivity index (χ3n) is 2.75. The number of hydrogen-bond acceptors (Lipinski definition) is 4. The SMILES string of the molecule is O[C@H]1CCCC[C@@H]1NCc1cncs1. The maximum atomic E-state index is 9.72. The molecule has 1 aliphatic rings. The molecule has 4 heteroatoms. The van der Waals surface area contributed by atoms with Crippen molar-refractivity contribution in [3.63, 3.8) is 0 Å². The molecular formula is C10H16N2OS. The number of nitrogens with zero attached hydrogens (tertiary/aromatic N) is 1. The van der Waals surface area contributed by atoms with E-state index in [2.05, 4.69) is 10.3 Å². The van der Waals surface area contributed by atoms with Gasteiger partial charge in [-0.2, -0.15) is 0 Å². The van der Waals surface area contributed by atoms with Crippen molar-refractivity contribution in [2.75, 3.05) is 0 Å². The van der Waals surface area contributed by atoms with E-state index in [4.69, 9.17) is 0 Å². The van der Waals surface area contributed by atoms with Crippen molar-refractivity contribution in [2.45, 2.75) is 44.4 Å². The average Bonchev–Trinajstić information content (AvgIpc) is 2.69. The molecule has 1 heterocycles.